The van der Waals surface area contributed by atoms with Crippen molar-refractivity contribution in [2.45, 2.75) is 6.42 Å². The molecule has 2 N–H and O–H groups in total. The summed E-state index contributed by atoms with van der Waals surface area (Å²) in [6.45, 7) is 0.832. The van der Waals surface area contributed by atoms with Crippen LogP contribution < -0.4 is 10.7 Å². The number of hydrazone groups is 1. The van der Waals surface area contributed by atoms with E-state index < -0.39 is 0 Å². The Hall–Kier alpha value is -0.850. The van der Waals surface area contributed by atoms with Crippen molar-refractivity contribution < 1.29 is 0 Å². The van der Waals surface area contributed by atoms with Gasteiger partial charge in [-0.3, -0.25) is 0 Å². The summed E-state index contributed by atoms with van der Waals surface area (Å²) in [6, 6.07) is 3.92. The molecular weight excluding hydrogens is 279 g/mol. The van der Waals surface area contributed by atoms with Crippen molar-refractivity contribution in [1.82, 2.24) is 4.98 Å². The maximum Gasteiger partial charge on any atom is 0.162 e. The Balaban J connectivity index is 2.31. The van der Waals surface area contributed by atoms with Gasteiger partial charge in [0.15, 0.2) is 5.82 Å². The first-order chi connectivity index (χ1) is 6.27. The molecule has 2 heterocycles. The number of rotatable bonds is 1. The van der Waals surface area contributed by atoms with Crippen molar-refractivity contribution in [3.8, 4) is 0 Å². The summed E-state index contributed by atoms with van der Waals surface area (Å²) in [4.78, 5) is 4.25. The highest BCUT2D eigenvalue weighted by Crippen LogP contribution is 2.21. The van der Waals surface area contributed by atoms with E-state index >= 15 is 0 Å². The average molecular weight is 288 g/mol. The number of hydrogen-bond acceptors (Lipinski definition) is 4. The van der Waals surface area contributed by atoms with Gasteiger partial charge in [0, 0.05) is 12.6 Å². The SMILES string of the molecule is NC1=NN(c2ncccc2I)CC1. The zero-order valence-electron chi connectivity index (χ0n) is 6.94. The van der Waals surface area contributed by atoms with E-state index in [0.29, 0.717) is 5.84 Å². The van der Waals surface area contributed by atoms with Gasteiger partial charge in [-0.25, -0.2) is 9.99 Å². The third kappa shape index (κ3) is 1.74. The summed E-state index contributed by atoms with van der Waals surface area (Å²) in [5.74, 6) is 1.57. The second-order valence-electron chi connectivity index (χ2n) is 2.77. The third-order valence-electron chi connectivity index (χ3n) is 1.81. The smallest absolute Gasteiger partial charge is 0.162 e. The highest BCUT2D eigenvalue weighted by Gasteiger charge is 2.16. The fraction of sp³-hybridized carbons (Fsp3) is 0.250. The Labute approximate surface area is 90.0 Å². The second-order valence-corrected chi connectivity index (χ2v) is 3.94. The molecule has 1 aromatic heterocycles. The number of nitrogens with two attached hydrogens (primary N) is 1. The topological polar surface area (TPSA) is 54.5 Å². The lowest BCUT2D eigenvalue weighted by Gasteiger charge is -2.12. The Morgan fingerprint density at radius 1 is 1.54 bits per heavy atom. The Kier molecular flexibility index (Phi) is 2.34. The van der Waals surface area contributed by atoms with E-state index in [1.165, 1.54) is 0 Å². The van der Waals surface area contributed by atoms with Crippen LogP contribution in [-0.4, -0.2) is 17.4 Å². The van der Waals surface area contributed by atoms with Gasteiger partial charge in [0.25, 0.3) is 0 Å². The van der Waals surface area contributed by atoms with Crippen LogP contribution in [0.15, 0.2) is 23.4 Å². The van der Waals surface area contributed by atoms with Crippen molar-refractivity contribution in [1.29, 1.82) is 0 Å². The van der Waals surface area contributed by atoms with E-state index in [4.69, 9.17) is 5.73 Å². The zero-order chi connectivity index (χ0) is 9.26. The van der Waals surface area contributed by atoms with Crippen LogP contribution in [0.3, 0.4) is 0 Å². The Bertz CT molecular complexity index is 350. The highest BCUT2D eigenvalue weighted by atomic mass is 127. The first kappa shape index (κ1) is 8.74. The van der Waals surface area contributed by atoms with Crippen LogP contribution >= 0.6 is 22.6 Å². The molecule has 0 fully saturated rings. The minimum absolute atomic E-state index is 0.682. The molecule has 2 rings (SSSR count). The van der Waals surface area contributed by atoms with E-state index in [1.807, 2.05) is 17.1 Å². The maximum atomic E-state index is 5.59. The average Bonchev–Trinajstić information content (AvgIpc) is 2.53. The fourth-order valence-electron chi connectivity index (χ4n) is 1.20. The van der Waals surface area contributed by atoms with E-state index in [1.54, 1.807) is 6.20 Å². The van der Waals surface area contributed by atoms with Crippen molar-refractivity contribution in [3.63, 3.8) is 0 Å². The van der Waals surface area contributed by atoms with E-state index in [9.17, 15) is 0 Å². The molecule has 0 bridgehead atoms. The Morgan fingerprint density at radius 2 is 2.38 bits per heavy atom. The lowest BCUT2D eigenvalue weighted by molar-refractivity contribution is 0.892. The van der Waals surface area contributed by atoms with Gasteiger partial charge in [-0.1, -0.05) is 0 Å². The molecule has 4 nitrogen and oxygen atoms in total. The molecule has 0 spiro atoms. The van der Waals surface area contributed by atoms with Crippen molar-refractivity contribution >= 4 is 34.2 Å². The van der Waals surface area contributed by atoms with Gasteiger partial charge >= 0.3 is 0 Å². The van der Waals surface area contributed by atoms with Gasteiger partial charge < -0.3 is 5.73 Å². The van der Waals surface area contributed by atoms with E-state index in [2.05, 4.69) is 32.7 Å². The predicted octanol–water partition coefficient (Wildman–Crippen LogP) is 1.17. The number of nitrogens with zero attached hydrogens (tertiary/aromatic N) is 3. The molecular formula is C8H9IN4. The predicted molar refractivity (Wildman–Crippen MR) is 60.5 cm³/mol. The number of anilines is 1. The molecule has 0 radical (unpaired) electrons. The van der Waals surface area contributed by atoms with Gasteiger partial charge in [0.1, 0.15) is 5.84 Å². The molecule has 0 amide bonds. The molecule has 1 aliphatic heterocycles. The van der Waals surface area contributed by atoms with Crippen molar-refractivity contribution in [2.24, 2.45) is 10.8 Å². The molecule has 68 valence electrons. The summed E-state index contributed by atoms with van der Waals surface area (Å²) in [5.41, 5.74) is 5.59. The van der Waals surface area contributed by atoms with Crippen LogP contribution in [0.4, 0.5) is 5.82 Å². The van der Waals surface area contributed by atoms with Gasteiger partial charge in [0.2, 0.25) is 0 Å². The van der Waals surface area contributed by atoms with Crippen LogP contribution in [0, 0.1) is 3.57 Å². The maximum absolute atomic E-state index is 5.59. The van der Waals surface area contributed by atoms with Crippen LogP contribution in [0.5, 0.6) is 0 Å². The van der Waals surface area contributed by atoms with Gasteiger partial charge in [-0.15, -0.1) is 0 Å². The summed E-state index contributed by atoms with van der Waals surface area (Å²) in [7, 11) is 0. The molecule has 1 aliphatic rings. The largest absolute Gasteiger partial charge is 0.386 e. The number of aromatic nitrogens is 1. The number of amidine groups is 1. The van der Waals surface area contributed by atoms with Gasteiger partial charge in [-0.05, 0) is 34.7 Å². The first-order valence-electron chi connectivity index (χ1n) is 3.98. The molecule has 0 unspecified atom stereocenters. The van der Waals surface area contributed by atoms with Gasteiger partial charge in [-0.2, -0.15) is 5.10 Å². The van der Waals surface area contributed by atoms with Crippen molar-refractivity contribution in [3.05, 3.63) is 21.9 Å². The van der Waals surface area contributed by atoms with Crippen LogP contribution in [-0.2, 0) is 0 Å². The second kappa shape index (κ2) is 3.49. The normalized spacial score (nSPS) is 16.1. The first-order valence-corrected chi connectivity index (χ1v) is 5.06. The summed E-state index contributed by atoms with van der Waals surface area (Å²) in [6.07, 6.45) is 2.59. The number of halogens is 1. The molecule has 0 saturated heterocycles. The van der Waals surface area contributed by atoms with E-state index in [0.717, 1.165) is 22.4 Å². The summed E-state index contributed by atoms with van der Waals surface area (Å²) in [5, 5.41) is 6.02. The lowest BCUT2D eigenvalue weighted by Crippen LogP contribution is -2.14. The molecule has 0 aliphatic carbocycles. The Morgan fingerprint density at radius 3 is 3.00 bits per heavy atom. The summed E-state index contributed by atoms with van der Waals surface area (Å²) < 4.78 is 1.10. The van der Waals surface area contributed by atoms with Crippen LogP contribution in [0.25, 0.3) is 0 Å². The molecule has 13 heavy (non-hydrogen) atoms. The fourth-order valence-corrected chi connectivity index (χ4v) is 1.82. The molecule has 5 heteroatoms. The molecule has 1 aromatic rings. The van der Waals surface area contributed by atoms with Crippen LogP contribution in [0.1, 0.15) is 6.42 Å². The number of hydrogen-bond donors (Lipinski definition) is 1. The van der Waals surface area contributed by atoms with E-state index in [-0.39, 0.29) is 0 Å². The summed E-state index contributed by atoms with van der Waals surface area (Å²) >= 11 is 2.24. The lowest BCUT2D eigenvalue weighted by atomic mass is 10.4. The van der Waals surface area contributed by atoms with Crippen LogP contribution in [0.2, 0.25) is 0 Å². The zero-order valence-corrected chi connectivity index (χ0v) is 9.10. The van der Waals surface area contributed by atoms with Crippen molar-refractivity contribution in [2.75, 3.05) is 11.6 Å². The molecule has 0 saturated carbocycles. The molecule has 0 atom stereocenters. The standard InChI is InChI=1S/C8H9IN4/c9-6-2-1-4-11-8(6)13-5-3-7(10)12-13/h1-2,4H,3,5H2,(H2,10,12). The minimum Gasteiger partial charge on any atom is -0.386 e. The minimum atomic E-state index is 0.682. The monoisotopic (exact) mass is 288 g/mol. The number of pyridine rings is 1. The molecule has 0 aromatic carbocycles. The highest BCUT2D eigenvalue weighted by molar-refractivity contribution is 14.1. The quantitative estimate of drug-likeness (QED) is 0.789. The third-order valence-corrected chi connectivity index (χ3v) is 2.65. The van der Waals surface area contributed by atoms with Gasteiger partial charge in [0.05, 0.1) is 10.1 Å².